The standard InChI is InChI=1S/C24H31N3O4S/c1-18-5-4-6-23(20(18)3)25-9-11-26(12-10-25)24(28)22-17-21(8-7-19(22)2)32(29,30)27-13-15-31-16-14-27/h4-8,17H,9-16H2,1-3H3. The molecule has 0 unspecified atom stereocenters. The average molecular weight is 458 g/mol. The lowest BCUT2D eigenvalue weighted by molar-refractivity contribution is 0.0729. The molecule has 4 rings (SSSR count). The number of hydrogen-bond donors (Lipinski definition) is 0. The van der Waals surface area contributed by atoms with Crippen LogP contribution in [0.25, 0.3) is 0 Å². The van der Waals surface area contributed by atoms with Crippen LogP contribution < -0.4 is 4.90 Å². The van der Waals surface area contributed by atoms with Crippen molar-refractivity contribution in [3.63, 3.8) is 0 Å². The lowest BCUT2D eigenvalue weighted by atomic mass is 10.1. The van der Waals surface area contributed by atoms with Gasteiger partial charge in [0, 0.05) is 50.5 Å². The summed E-state index contributed by atoms with van der Waals surface area (Å²) >= 11 is 0. The summed E-state index contributed by atoms with van der Waals surface area (Å²) in [7, 11) is -3.64. The Bertz CT molecular complexity index is 1100. The molecule has 0 aromatic heterocycles. The van der Waals surface area contributed by atoms with Crippen LogP contribution in [-0.2, 0) is 14.8 Å². The predicted octanol–water partition coefficient (Wildman–Crippen LogP) is 2.60. The van der Waals surface area contributed by atoms with Crippen LogP contribution >= 0.6 is 0 Å². The number of aryl methyl sites for hydroxylation is 2. The van der Waals surface area contributed by atoms with Crippen LogP contribution in [0.5, 0.6) is 0 Å². The fourth-order valence-electron chi connectivity index (χ4n) is 4.33. The Kier molecular flexibility index (Phi) is 6.55. The van der Waals surface area contributed by atoms with Crippen LogP contribution in [0, 0.1) is 20.8 Å². The van der Waals surface area contributed by atoms with Crippen molar-refractivity contribution in [3.05, 3.63) is 58.7 Å². The summed E-state index contributed by atoms with van der Waals surface area (Å²) in [5.74, 6) is -0.109. The molecule has 2 fully saturated rings. The molecule has 0 saturated carbocycles. The number of sulfonamides is 1. The number of hydrogen-bond acceptors (Lipinski definition) is 5. The van der Waals surface area contributed by atoms with Crippen molar-refractivity contribution in [3.8, 4) is 0 Å². The lowest BCUT2D eigenvalue weighted by Gasteiger charge is -2.37. The van der Waals surface area contributed by atoms with Crippen LogP contribution in [0.15, 0.2) is 41.3 Å². The van der Waals surface area contributed by atoms with Crippen LogP contribution in [0.2, 0.25) is 0 Å². The molecule has 1 amide bonds. The molecule has 0 spiro atoms. The van der Waals surface area contributed by atoms with E-state index in [0.717, 1.165) is 18.7 Å². The van der Waals surface area contributed by atoms with Gasteiger partial charge in [-0.2, -0.15) is 4.31 Å². The highest BCUT2D eigenvalue weighted by Crippen LogP contribution is 2.25. The fraction of sp³-hybridized carbons (Fsp3) is 0.458. The molecular weight excluding hydrogens is 426 g/mol. The van der Waals surface area contributed by atoms with Gasteiger partial charge in [0.25, 0.3) is 5.91 Å². The van der Waals surface area contributed by atoms with Crippen LogP contribution in [0.1, 0.15) is 27.0 Å². The number of carbonyl (C=O) groups excluding carboxylic acids is 1. The normalized spacial score (nSPS) is 18.1. The second-order valence-electron chi connectivity index (χ2n) is 8.49. The van der Waals surface area contributed by atoms with Gasteiger partial charge < -0.3 is 14.5 Å². The van der Waals surface area contributed by atoms with Gasteiger partial charge in [-0.25, -0.2) is 8.42 Å². The van der Waals surface area contributed by atoms with Gasteiger partial charge >= 0.3 is 0 Å². The largest absolute Gasteiger partial charge is 0.379 e. The smallest absolute Gasteiger partial charge is 0.254 e. The van der Waals surface area contributed by atoms with E-state index in [9.17, 15) is 13.2 Å². The second kappa shape index (κ2) is 9.21. The predicted molar refractivity (Wildman–Crippen MR) is 125 cm³/mol. The first-order valence-electron chi connectivity index (χ1n) is 11.1. The lowest BCUT2D eigenvalue weighted by Crippen LogP contribution is -2.49. The monoisotopic (exact) mass is 457 g/mol. The van der Waals surface area contributed by atoms with Crippen LogP contribution in [0.4, 0.5) is 5.69 Å². The Morgan fingerprint density at radius 2 is 1.56 bits per heavy atom. The maximum atomic E-state index is 13.3. The fourth-order valence-corrected chi connectivity index (χ4v) is 5.76. The quantitative estimate of drug-likeness (QED) is 0.706. The van der Waals surface area contributed by atoms with Crippen LogP contribution in [0.3, 0.4) is 0 Å². The third-order valence-corrected chi connectivity index (χ3v) is 8.43. The summed E-state index contributed by atoms with van der Waals surface area (Å²) < 4.78 is 32.8. The molecule has 0 atom stereocenters. The topological polar surface area (TPSA) is 70.2 Å². The van der Waals surface area contributed by atoms with E-state index in [1.54, 1.807) is 18.2 Å². The molecule has 2 aromatic rings. The molecule has 2 saturated heterocycles. The van der Waals surface area contributed by atoms with Crippen molar-refractivity contribution in [1.82, 2.24) is 9.21 Å². The Balaban J connectivity index is 1.50. The number of benzene rings is 2. The minimum atomic E-state index is -3.64. The summed E-state index contributed by atoms with van der Waals surface area (Å²) in [5.41, 5.74) is 4.98. The first-order chi connectivity index (χ1) is 15.3. The highest BCUT2D eigenvalue weighted by atomic mass is 32.2. The number of ether oxygens (including phenoxy) is 1. The number of morpholine rings is 1. The van der Waals surface area contributed by atoms with Crippen molar-refractivity contribution in [2.24, 2.45) is 0 Å². The molecule has 2 aliphatic heterocycles. The molecule has 0 radical (unpaired) electrons. The molecule has 0 N–H and O–H groups in total. The molecule has 32 heavy (non-hydrogen) atoms. The maximum absolute atomic E-state index is 13.3. The third kappa shape index (κ3) is 4.40. The number of carbonyl (C=O) groups is 1. The van der Waals surface area contributed by atoms with Gasteiger partial charge in [-0.1, -0.05) is 18.2 Å². The molecule has 172 valence electrons. The Labute approximate surface area is 190 Å². The third-order valence-electron chi connectivity index (χ3n) is 6.53. The molecule has 0 bridgehead atoms. The van der Waals surface area contributed by atoms with E-state index in [1.165, 1.54) is 21.1 Å². The Hall–Kier alpha value is -2.42. The van der Waals surface area contributed by atoms with E-state index < -0.39 is 10.0 Å². The SMILES string of the molecule is Cc1ccc(S(=O)(=O)N2CCOCC2)cc1C(=O)N1CCN(c2cccc(C)c2C)CC1. The Morgan fingerprint density at radius 3 is 2.25 bits per heavy atom. The first kappa shape index (κ1) is 22.8. The summed E-state index contributed by atoms with van der Waals surface area (Å²) in [6.07, 6.45) is 0. The zero-order chi connectivity index (χ0) is 22.9. The van der Waals surface area contributed by atoms with Gasteiger partial charge in [-0.15, -0.1) is 0 Å². The molecule has 7 nitrogen and oxygen atoms in total. The Morgan fingerprint density at radius 1 is 0.875 bits per heavy atom. The van der Waals surface area contributed by atoms with Gasteiger partial charge in [-0.05, 0) is 55.7 Å². The van der Waals surface area contributed by atoms with E-state index >= 15 is 0 Å². The minimum absolute atomic E-state index is 0.109. The van der Waals surface area contributed by atoms with Gasteiger partial charge in [0.05, 0.1) is 18.1 Å². The van der Waals surface area contributed by atoms with E-state index in [1.807, 2.05) is 11.8 Å². The first-order valence-corrected chi connectivity index (χ1v) is 12.5. The van der Waals surface area contributed by atoms with Gasteiger partial charge in [-0.3, -0.25) is 4.79 Å². The van der Waals surface area contributed by atoms with Gasteiger partial charge in [0.2, 0.25) is 10.0 Å². The highest BCUT2D eigenvalue weighted by Gasteiger charge is 2.29. The number of piperazine rings is 1. The maximum Gasteiger partial charge on any atom is 0.254 e. The molecular formula is C24H31N3O4S. The molecule has 0 aliphatic carbocycles. The van der Waals surface area contributed by atoms with Gasteiger partial charge in [0.1, 0.15) is 0 Å². The minimum Gasteiger partial charge on any atom is -0.379 e. The molecule has 8 heteroatoms. The van der Waals surface area contributed by atoms with E-state index in [4.69, 9.17) is 4.74 Å². The number of anilines is 1. The summed E-state index contributed by atoms with van der Waals surface area (Å²) in [6.45, 7) is 10.2. The molecule has 2 heterocycles. The summed E-state index contributed by atoms with van der Waals surface area (Å²) in [4.78, 5) is 17.6. The summed E-state index contributed by atoms with van der Waals surface area (Å²) in [6, 6.07) is 11.2. The second-order valence-corrected chi connectivity index (χ2v) is 10.4. The van der Waals surface area contributed by atoms with E-state index in [0.29, 0.717) is 45.0 Å². The zero-order valence-corrected chi connectivity index (χ0v) is 19.8. The van der Waals surface area contributed by atoms with E-state index in [2.05, 4.69) is 36.9 Å². The number of rotatable bonds is 4. The average Bonchev–Trinajstić information content (AvgIpc) is 2.81. The van der Waals surface area contributed by atoms with Crippen molar-refractivity contribution < 1.29 is 17.9 Å². The van der Waals surface area contributed by atoms with Crippen molar-refractivity contribution in [1.29, 1.82) is 0 Å². The zero-order valence-electron chi connectivity index (χ0n) is 19.0. The van der Waals surface area contributed by atoms with Crippen LogP contribution in [-0.4, -0.2) is 76.0 Å². The van der Waals surface area contributed by atoms with Gasteiger partial charge in [0.15, 0.2) is 0 Å². The van der Waals surface area contributed by atoms with Crippen molar-refractivity contribution >= 4 is 21.6 Å². The number of amides is 1. The van der Waals surface area contributed by atoms with Crippen molar-refractivity contribution in [2.45, 2.75) is 25.7 Å². The highest BCUT2D eigenvalue weighted by molar-refractivity contribution is 7.89. The van der Waals surface area contributed by atoms with Crippen molar-refractivity contribution in [2.75, 3.05) is 57.4 Å². The number of nitrogens with zero attached hydrogens (tertiary/aromatic N) is 3. The van der Waals surface area contributed by atoms with E-state index in [-0.39, 0.29) is 10.8 Å². The summed E-state index contributed by atoms with van der Waals surface area (Å²) in [5, 5.41) is 0. The molecule has 2 aliphatic rings. The molecule has 2 aromatic carbocycles.